The summed E-state index contributed by atoms with van der Waals surface area (Å²) in [4.78, 5) is 40.4. The predicted octanol–water partition coefficient (Wildman–Crippen LogP) is 2.03. The summed E-state index contributed by atoms with van der Waals surface area (Å²) in [6.07, 6.45) is 3.37. The molecular weight excluding hydrogens is 446 g/mol. The SMILES string of the molecule is CSc1nnc(C)n1-c1ccc(C(=O)OCC(=O)N2CCN(C(=O)c3ccco3)CC2)cc1. The minimum Gasteiger partial charge on any atom is -0.459 e. The van der Waals surface area contributed by atoms with Crippen molar-refractivity contribution in [2.75, 3.05) is 39.0 Å². The van der Waals surface area contributed by atoms with E-state index in [0.717, 1.165) is 16.7 Å². The minimum absolute atomic E-state index is 0.201. The first kappa shape index (κ1) is 22.6. The third-order valence-corrected chi connectivity index (χ3v) is 5.95. The highest BCUT2D eigenvalue weighted by molar-refractivity contribution is 7.98. The summed E-state index contributed by atoms with van der Waals surface area (Å²) in [5.74, 6) is -0.0553. The largest absolute Gasteiger partial charge is 0.459 e. The van der Waals surface area contributed by atoms with Gasteiger partial charge in [0.1, 0.15) is 5.82 Å². The lowest BCUT2D eigenvalue weighted by atomic mass is 10.2. The first-order valence-corrected chi connectivity index (χ1v) is 11.5. The molecule has 11 heteroatoms. The van der Waals surface area contributed by atoms with E-state index in [1.54, 1.807) is 46.2 Å². The number of esters is 1. The molecule has 1 fully saturated rings. The van der Waals surface area contributed by atoms with E-state index in [2.05, 4.69) is 10.2 Å². The van der Waals surface area contributed by atoms with E-state index in [4.69, 9.17) is 9.15 Å². The van der Waals surface area contributed by atoms with E-state index in [1.807, 2.05) is 17.7 Å². The van der Waals surface area contributed by atoms with Gasteiger partial charge in [0.15, 0.2) is 17.5 Å². The number of rotatable bonds is 6. The van der Waals surface area contributed by atoms with Crippen LogP contribution < -0.4 is 0 Å². The molecule has 1 aromatic carbocycles. The standard InChI is InChI=1S/C22H23N5O5S/c1-15-23-24-22(33-2)27(15)17-7-5-16(6-8-17)21(30)32-14-19(28)25-9-11-26(12-10-25)20(29)18-4-3-13-31-18/h3-8,13H,9-12,14H2,1-2H3. The number of nitrogens with zero attached hydrogens (tertiary/aromatic N) is 5. The summed E-state index contributed by atoms with van der Waals surface area (Å²) < 4.78 is 12.2. The molecule has 0 bridgehead atoms. The van der Waals surface area contributed by atoms with E-state index in [1.165, 1.54) is 18.0 Å². The zero-order valence-electron chi connectivity index (χ0n) is 18.3. The maximum atomic E-state index is 12.5. The fourth-order valence-corrected chi connectivity index (χ4v) is 4.08. The van der Waals surface area contributed by atoms with Crippen molar-refractivity contribution in [3.63, 3.8) is 0 Å². The highest BCUT2D eigenvalue weighted by Gasteiger charge is 2.26. The first-order chi connectivity index (χ1) is 16.0. The summed E-state index contributed by atoms with van der Waals surface area (Å²) >= 11 is 1.48. The maximum Gasteiger partial charge on any atom is 0.338 e. The molecule has 10 nitrogen and oxygen atoms in total. The summed E-state index contributed by atoms with van der Waals surface area (Å²) in [5.41, 5.74) is 1.17. The van der Waals surface area contributed by atoms with Crippen LogP contribution in [-0.2, 0) is 9.53 Å². The number of ether oxygens (including phenoxy) is 1. The number of piperazine rings is 1. The predicted molar refractivity (Wildman–Crippen MR) is 119 cm³/mol. The molecule has 0 spiro atoms. The highest BCUT2D eigenvalue weighted by Crippen LogP contribution is 2.20. The minimum atomic E-state index is -0.577. The van der Waals surface area contributed by atoms with Crippen molar-refractivity contribution < 1.29 is 23.5 Å². The molecule has 172 valence electrons. The van der Waals surface area contributed by atoms with Gasteiger partial charge in [0.25, 0.3) is 11.8 Å². The Morgan fingerprint density at radius 3 is 2.36 bits per heavy atom. The molecule has 0 atom stereocenters. The number of carbonyl (C=O) groups excluding carboxylic acids is 3. The van der Waals surface area contributed by atoms with Gasteiger partial charge in [0, 0.05) is 31.9 Å². The van der Waals surface area contributed by atoms with E-state index in [-0.39, 0.29) is 24.2 Å². The van der Waals surface area contributed by atoms with Crippen molar-refractivity contribution in [1.29, 1.82) is 0 Å². The van der Waals surface area contributed by atoms with Gasteiger partial charge in [-0.1, -0.05) is 11.8 Å². The Kier molecular flexibility index (Phi) is 6.78. The van der Waals surface area contributed by atoms with E-state index in [0.29, 0.717) is 31.7 Å². The van der Waals surface area contributed by atoms with Crippen LogP contribution in [0.15, 0.2) is 52.2 Å². The quantitative estimate of drug-likeness (QED) is 0.398. The average molecular weight is 470 g/mol. The molecule has 0 aliphatic carbocycles. The second-order valence-corrected chi connectivity index (χ2v) is 8.12. The van der Waals surface area contributed by atoms with Crippen LogP contribution in [0, 0.1) is 6.92 Å². The molecule has 3 heterocycles. The third kappa shape index (κ3) is 4.92. The van der Waals surface area contributed by atoms with Gasteiger partial charge in [0.05, 0.1) is 11.8 Å². The van der Waals surface area contributed by atoms with E-state index < -0.39 is 5.97 Å². The Hall–Kier alpha value is -3.60. The fourth-order valence-electron chi connectivity index (χ4n) is 3.54. The lowest BCUT2D eigenvalue weighted by molar-refractivity contribution is -0.136. The van der Waals surface area contributed by atoms with Gasteiger partial charge in [-0.25, -0.2) is 4.79 Å². The molecule has 3 aromatic rings. The zero-order valence-corrected chi connectivity index (χ0v) is 19.1. The third-order valence-electron chi connectivity index (χ3n) is 5.32. The van der Waals surface area contributed by atoms with E-state index in [9.17, 15) is 14.4 Å². The number of aromatic nitrogens is 3. The maximum absolute atomic E-state index is 12.5. The zero-order chi connectivity index (χ0) is 23.4. The molecule has 1 aliphatic heterocycles. The van der Waals surface area contributed by atoms with Crippen molar-refractivity contribution in [1.82, 2.24) is 24.6 Å². The van der Waals surface area contributed by atoms with Gasteiger partial charge in [-0.05, 0) is 49.6 Å². The lowest BCUT2D eigenvalue weighted by Crippen LogP contribution is -2.51. The van der Waals surface area contributed by atoms with Crippen molar-refractivity contribution in [2.45, 2.75) is 12.1 Å². The highest BCUT2D eigenvalue weighted by atomic mass is 32.2. The normalized spacial score (nSPS) is 13.8. The van der Waals surface area contributed by atoms with Crippen LogP contribution in [0.1, 0.15) is 26.7 Å². The second-order valence-electron chi connectivity index (χ2n) is 7.34. The molecule has 1 saturated heterocycles. The van der Waals surface area contributed by atoms with Gasteiger partial charge >= 0.3 is 5.97 Å². The Bertz CT molecular complexity index is 1130. The molecule has 0 radical (unpaired) electrons. The van der Waals surface area contributed by atoms with Gasteiger partial charge in [-0.2, -0.15) is 0 Å². The summed E-state index contributed by atoms with van der Waals surface area (Å²) in [6, 6.07) is 10.1. The Balaban J connectivity index is 1.28. The number of benzene rings is 1. The van der Waals surface area contributed by atoms with Crippen molar-refractivity contribution in [3.8, 4) is 5.69 Å². The van der Waals surface area contributed by atoms with Crippen molar-refractivity contribution >= 4 is 29.5 Å². The number of hydrogen-bond acceptors (Lipinski definition) is 8. The van der Waals surface area contributed by atoms with Gasteiger partial charge in [0.2, 0.25) is 0 Å². The van der Waals surface area contributed by atoms with Crippen molar-refractivity contribution in [3.05, 3.63) is 59.8 Å². The molecule has 0 unspecified atom stereocenters. The fraction of sp³-hybridized carbons (Fsp3) is 0.318. The van der Waals surface area contributed by atoms with Crippen LogP contribution in [0.2, 0.25) is 0 Å². The number of carbonyl (C=O) groups is 3. The summed E-state index contributed by atoms with van der Waals surface area (Å²) in [6.45, 7) is 3.02. The Morgan fingerprint density at radius 1 is 1.03 bits per heavy atom. The van der Waals surface area contributed by atoms with Gasteiger partial charge < -0.3 is 19.0 Å². The summed E-state index contributed by atoms with van der Waals surface area (Å²) in [5, 5.41) is 8.93. The first-order valence-electron chi connectivity index (χ1n) is 10.3. The topological polar surface area (TPSA) is 111 Å². The number of amides is 2. The van der Waals surface area contributed by atoms with Gasteiger partial charge in [-0.15, -0.1) is 10.2 Å². The van der Waals surface area contributed by atoms with Crippen LogP contribution in [0.3, 0.4) is 0 Å². The van der Waals surface area contributed by atoms with Gasteiger partial charge in [-0.3, -0.25) is 14.2 Å². The molecule has 0 saturated carbocycles. The second kappa shape index (κ2) is 9.90. The average Bonchev–Trinajstić information content (AvgIpc) is 3.52. The molecular formula is C22H23N5O5S. The molecule has 2 aromatic heterocycles. The number of aryl methyl sites for hydroxylation is 1. The number of hydrogen-bond donors (Lipinski definition) is 0. The number of thioether (sulfide) groups is 1. The van der Waals surface area contributed by atoms with E-state index >= 15 is 0 Å². The molecule has 0 N–H and O–H groups in total. The molecule has 33 heavy (non-hydrogen) atoms. The van der Waals surface area contributed by atoms with Crippen molar-refractivity contribution in [2.24, 2.45) is 0 Å². The lowest BCUT2D eigenvalue weighted by Gasteiger charge is -2.34. The Morgan fingerprint density at radius 2 is 1.73 bits per heavy atom. The summed E-state index contributed by atoms with van der Waals surface area (Å²) in [7, 11) is 0. The Labute approximate surface area is 194 Å². The van der Waals surface area contributed by atoms with Crippen LogP contribution >= 0.6 is 11.8 Å². The molecule has 1 aliphatic rings. The number of furan rings is 1. The molecule has 4 rings (SSSR count). The van der Waals surface area contributed by atoms with Crippen LogP contribution in [0.25, 0.3) is 5.69 Å². The monoisotopic (exact) mass is 469 g/mol. The van der Waals surface area contributed by atoms with Crippen LogP contribution in [0.4, 0.5) is 0 Å². The van der Waals surface area contributed by atoms with Crippen LogP contribution in [0.5, 0.6) is 0 Å². The van der Waals surface area contributed by atoms with Crippen LogP contribution in [-0.4, -0.2) is 81.4 Å². The molecule has 2 amide bonds. The smallest absolute Gasteiger partial charge is 0.338 e.